The largest absolute Gasteiger partial charge is 0.313 e. The van der Waals surface area contributed by atoms with Gasteiger partial charge in [-0.15, -0.1) is 11.3 Å². The second-order valence-electron chi connectivity index (χ2n) is 6.08. The van der Waals surface area contributed by atoms with E-state index in [0.29, 0.717) is 5.56 Å². The van der Waals surface area contributed by atoms with Crippen LogP contribution < -0.4 is 5.32 Å². The van der Waals surface area contributed by atoms with E-state index in [0.717, 1.165) is 24.4 Å². The standard InChI is InChI=1S/C18H22N2OS/c1-20(2)12-15-14-10-6-7-11-16(14)22-18(15)19-17(21)13-8-4-3-5-9-13/h3-5,8-9H,6-7,10-12H2,1-2H3,(H,19,21). The molecule has 0 radical (unpaired) electrons. The fourth-order valence-corrected chi connectivity index (χ4v) is 4.28. The molecule has 0 saturated carbocycles. The number of aryl methyl sites for hydroxylation is 1. The predicted molar refractivity (Wildman–Crippen MR) is 92.7 cm³/mol. The normalized spacial score (nSPS) is 14.0. The maximum atomic E-state index is 12.4. The van der Waals surface area contributed by atoms with Gasteiger partial charge in [-0.3, -0.25) is 4.79 Å². The van der Waals surface area contributed by atoms with Crippen molar-refractivity contribution in [3.05, 3.63) is 51.9 Å². The number of amides is 1. The summed E-state index contributed by atoms with van der Waals surface area (Å²) in [7, 11) is 4.16. The first-order chi connectivity index (χ1) is 10.6. The summed E-state index contributed by atoms with van der Waals surface area (Å²) in [6.07, 6.45) is 4.83. The van der Waals surface area contributed by atoms with Crippen molar-refractivity contribution < 1.29 is 4.79 Å². The van der Waals surface area contributed by atoms with Crippen LogP contribution in [0, 0.1) is 0 Å². The number of nitrogens with one attached hydrogen (secondary N) is 1. The van der Waals surface area contributed by atoms with Crippen LogP contribution in [0.25, 0.3) is 0 Å². The Morgan fingerprint density at radius 3 is 2.64 bits per heavy atom. The zero-order valence-corrected chi connectivity index (χ0v) is 14.0. The van der Waals surface area contributed by atoms with E-state index in [1.165, 1.54) is 28.8 Å². The highest BCUT2D eigenvalue weighted by Crippen LogP contribution is 2.38. The molecule has 0 saturated heterocycles. The summed E-state index contributed by atoms with van der Waals surface area (Å²) in [6, 6.07) is 9.44. The van der Waals surface area contributed by atoms with Crippen molar-refractivity contribution >= 4 is 22.2 Å². The van der Waals surface area contributed by atoms with Gasteiger partial charge in [0, 0.05) is 22.5 Å². The second-order valence-corrected chi connectivity index (χ2v) is 7.18. The van der Waals surface area contributed by atoms with E-state index in [1.807, 2.05) is 30.3 Å². The first-order valence-electron chi connectivity index (χ1n) is 7.79. The Balaban J connectivity index is 1.89. The molecule has 4 heteroatoms. The van der Waals surface area contributed by atoms with Crippen molar-refractivity contribution in [1.29, 1.82) is 0 Å². The van der Waals surface area contributed by atoms with Gasteiger partial charge >= 0.3 is 0 Å². The molecule has 0 fully saturated rings. The van der Waals surface area contributed by atoms with Gasteiger partial charge in [0.1, 0.15) is 5.00 Å². The van der Waals surface area contributed by atoms with E-state index in [1.54, 1.807) is 11.3 Å². The fourth-order valence-electron chi connectivity index (χ4n) is 2.98. The number of carbonyl (C=O) groups excluding carboxylic acids is 1. The third kappa shape index (κ3) is 3.23. The molecule has 3 rings (SSSR count). The Morgan fingerprint density at radius 1 is 1.18 bits per heavy atom. The second kappa shape index (κ2) is 6.63. The summed E-state index contributed by atoms with van der Waals surface area (Å²) >= 11 is 1.77. The molecule has 0 aliphatic heterocycles. The Morgan fingerprint density at radius 2 is 1.91 bits per heavy atom. The first kappa shape index (κ1) is 15.3. The number of fused-ring (bicyclic) bond motifs is 1. The van der Waals surface area contributed by atoms with Gasteiger partial charge in [0.25, 0.3) is 5.91 Å². The van der Waals surface area contributed by atoms with Crippen LogP contribution in [-0.2, 0) is 19.4 Å². The minimum absolute atomic E-state index is 0.0146. The molecule has 1 aromatic heterocycles. The lowest BCUT2D eigenvalue weighted by atomic mass is 9.95. The summed E-state index contributed by atoms with van der Waals surface area (Å²) < 4.78 is 0. The van der Waals surface area contributed by atoms with Gasteiger partial charge in [-0.1, -0.05) is 18.2 Å². The molecule has 22 heavy (non-hydrogen) atoms. The van der Waals surface area contributed by atoms with Crippen LogP contribution in [0.3, 0.4) is 0 Å². The van der Waals surface area contributed by atoms with Gasteiger partial charge in [0.15, 0.2) is 0 Å². The molecule has 1 aliphatic carbocycles. The maximum absolute atomic E-state index is 12.4. The van der Waals surface area contributed by atoms with Crippen molar-refractivity contribution in [2.75, 3.05) is 19.4 Å². The number of hydrogen-bond acceptors (Lipinski definition) is 3. The topological polar surface area (TPSA) is 32.3 Å². The van der Waals surface area contributed by atoms with E-state index in [9.17, 15) is 4.79 Å². The van der Waals surface area contributed by atoms with Crippen LogP contribution in [0.4, 0.5) is 5.00 Å². The van der Waals surface area contributed by atoms with Crippen LogP contribution in [0.15, 0.2) is 30.3 Å². The van der Waals surface area contributed by atoms with Crippen LogP contribution in [-0.4, -0.2) is 24.9 Å². The van der Waals surface area contributed by atoms with Gasteiger partial charge in [0.05, 0.1) is 0 Å². The number of hydrogen-bond donors (Lipinski definition) is 1. The minimum atomic E-state index is -0.0146. The highest BCUT2D eigenvalue weighted by Gasteiger charge is 2.22. The lowest BCUT2D eigenvalue weighted by Crippen LogP contribution is -2.16. The van der Waals surface area contributed by atoms with Gasteiger partial charge in [0.2, 0.25) is 0 Å². The molecule has 1 N–H and O–H groups in total. The zero-order valence-electron chi connectivity index (χ0n) is 13.2. The number of carbonyl (C=O) groups is 1. The molecule has 1 aromatic carbocycles. The van der Waals surface area contributed by atoms with E-state index in [4.69, 9.17) is 0 Å². The van der Waals surface area contributed by atoms with E-state index >= 15 is 0 Å². The molecule has 0 unspecified atom stereocenters. The highest BCUT2D eigenvalue weighted by atomic mass is 32.1. The van der Waals surface area contributed by atoms with Crippen LogP contribution in [0.5, 0.6) is 0 Å². The average Bonchev–Trinajstić information content (AvgIpc) is 2.85. The van der Waals surface area contributed by atoms with Gasteiger partial charge in [-0.2, -0.15) is 0 Å². The van der Waals surface area contributed by atoms with E-state index < -0.39 is 0 Å². The van der Waals surface area contributed by atoms with Gasteiger partial charge in [-0.05, 0) is 57.5 Å². The Kier molecular flexibility index (Phi) is 4.60. The average molecular weight is 314 g/mol. The third-order valence-electron chi connectivity index (χ3n) is 4.02. The number of nitrogens with zero attached hydrogens (tertiary/aromatic N) is 1. The van der Waals surface area contributed by atoms with Gasteiger partial charge < -0.3 is 10.2 Å². The van der Waals surface area contributed by atoms with E-state index in [-0.39, 0.29) is 5.91 Å². The number of rotatable bonds is 4. The Bertz CT molecular complexity index is 661. The van der Waals surface area contributed by atoms with Gasteiger partial charge in [-0.25, -0.2) is 0 Å². The Hall–Kier alpha value is -1.65. The molecular formula is C18H22N2OS. The first-order valence-corrected chi connectivity index (χ1v) is 8.61. The summed E-state index contributed by atoms with van der Waals surface area (Å²) in [5.74, 6) is -0.0146. The lowest BCUT2D eigenvalue weighted by molar-refractivity contribution is 0.102. The number of anilines is 1. The molecule has 116 valence electrons. The smallest absolute Gasteiger partial charge is 0.256 e. The number of benzene rings is 1. The molecule has 1 aliphatic rings. The lowest BCUT2D eigenvalue weighted by Gasteiger charge is -2.16. The monoisotopic (exact) mass is 314 g/mol. The van der Waals surface area contributed by atoms with E-state index in [2.05, 4.69) is 24.3 Å². The molecule has 3 nitrogen and oxygen atoms in total. The highest BCUT2D eigenvalue weighted by molar-refractivity contribution is 7.16. The van der Waals surface area contributed by atoms with Crippen molar-refractivity contribution in [1.82, 2.24) is 4.90 Å². The Labute approximate surface area is 136 Å². The predicted octanol–water partition coefficient (Wildman–Crippen LogP) is 3.94. The minimum Gasteiger partial charge on any atom is -0.313 e. The van der Waals surface area contributed by atoms with Crippen molar-refractivity contribution in [2.45, 2.75) is 32.2 Å². The zero-order chi connectivity index (χ0) is 15.5. The molecular weight excluding hydrogens is 292 g/mol. The molecule has 2 aromatic rings. The molecule has 0 bridgehead atoms. The fraction of sp³-hybridized carbons (Fsp3) is 0.389. The SMILES string of the molecule is CN(C)Cc1c(NC(=O)c2ccccc2)sc2c1CCCC2. The molecule has 0 atom stereocenters. The summed E-state index contributed by atoms with van der Waals surface area (Å²) in [5.41, 5.74) is 3.51. The summed E-state index contributed by atoms with van der Waals surface area (Å²) in [5, 5.41) is 4.18. The van der Waals surface area contributed by atoms with Crippen molar-refractivity contribution in [3.8, 4) is 0 Å². The molecule has 1 amide bonds. The maximum Gasteiger partial charge on any atom is 0.256 e. The summed E-state index contributed by atoms with van der Waals surface area (Å²) in [4.78, 5) is 16.1. The summed E-state index contributed by atoms with van der Waals surface area (Å²) in [6.45, 7) is 0.885. The van der Waals surface area contributed by atoms with Crippen molar-refractivity contribution in [2.24, 2.45) is 0 Å². The third-order valence-corrected chi connectivity index (χ3v) is 5.27. The molecule has 0 spiro atoms. The quantitative estimate of drug-likeness (QED) is 0.927. The van der Waals surface area contributed by atoms with Crippen LogP contribution in [0.2, 0.25) is 0 Å². The van der Waals surface area contributed by atoms with Crippen LogP contribution >= 0.6 is 11.3 Å². The number of thiophene rings is 1. The van der Waals surface area contributed by atoms with Crippen LogP contribution in [0.1, 0.15) is 39.2 Å². The van der Waals surface area contributed by atoms with Crippen molar-refractivity contribution in [3.63, 3.8) is 0 Å². The molecule has 1 heterocycles.